The molecule has 0 saturated heterocycles. The molecule has 0 saturated carbocycles. The molecule has 0 aromatic heterocycles. The maximum Gasteiger partial charge on any atom is 0.222 e. The summed E-state index contributed by atoms with van der Waals surface area (Å²) in [6, 6.07) is 0. The second kappa shape index (κ2) is 6.20. The molecule has 0 heterocycles. The third kappa shape index (κ3) is 4.02. The lowest BCUT2D eigenvalue weighted by atomic mass is 9.99. The minimum atomic E-state index is 0.195. The van der Waals surface area contributed by atoms with Crippen LogP contribution in [0.4, 0.5) is 0 Å². The van der Waals surface area contributed by atoms with Gasteiger partial charge in [0.15, 0.2) is 0 Å². The van der Waals surface area contributed by atoms with Crippen LogP contribution in [0.1, 0.15) is 39.5 Å². The molecule has 2 heteroatoms. The van der Waals surface area contributed by atoms with Crippen molar-refractivity contribution in [2.75, 3.05) is 7.05 Å². The van der Waals surface area contributed by atoms with Gasteiger partial charge in [0, 0.05) is 13.0 Å². The van der Waals surface area contributed by atoms with Crippen LogP contribution in [0.5, 0.6) is 0 Å². The Kier molecular flexibility index (Phi) is 5.90. The minimum absolute atomic E-state index is 0.195. The smallest absolute Gasteiger partial charge is 0.222 e. The molecule has 1 N–H and O–H groups in total. The Morgan fingerprint density at radius 1 is 1.45 bits per heavy atom. The van der Waals surface area contributed by atoms with Crippen LogP contribution >= 0.6 is 0 Å². The van der Waals surface area contributed by atoms with E-state index in [0.717, 1.165) is 19.3 Å². The predicted molar refractivity (Wildman–Crippen MR) is 47.4 cm³/mol. The topological polar surface area (TPSA) is 29.1 Å². The van der Waals surface area contributed by atoms with Crippen molar-refractivity contribution in [2.45, 2.75) is 39.5 Å². The lowest BCUT2D eigenvalue weighted by Gasteiger charge is -2.11. The van der Waals surface area contributed by atoms with Gasteiger partial charge in [-0.05, 0) is 12.8 Å². The number of hydrogen-bond donors (Lipinski definition) is 1. The molecule has 66 valence electrons. The molecule has 0 aliphatic heterocycles. The molecule has 0 aliphatic carbocycles. The third-order valence-electron chi connectivity index (χ3n) is 2.02. The highest BCUT2D eigenvalue weighted by molar-refractivity contribution is 5.78. The Bertz CT molecular complexity index is 112. The molecule has 0 aromatic carbocycles. The van der Waals surface area contributed by atoms with Crippen molar-refractivity contribution in [1.82, 2.24) is 5.32 Å². The molecule has 0 aromatic rings. The van der Waals surface area contributed by atoms with Crippen LogP contribution in [0.2, 0.25) is 0 Å². The van der Waals surface area contributed by atoms with Crippen LogP contribution < -0.4 is 5.32 Å². The fraction of sp³-hybridized carbons (Fsp3) is 0.889. The zero-order chi connectivity index (χ0) is 8.69. The lowest BCUT2D eigenvalue weighted by molar-refractivity contribution is -0.124. The van der Waals surface area contributed by atoms with Crippen LogP contribution in [-0.4, -0.2) is 13.0 Å². The van der Waals surface area contributed by atoms with Crippen molar-refractivity contribution >= 4 is 5.91 Å². The molecule has 0 rings (SSSR count). The van der Waals surface area contributed by atoms with E-state index >= 15 is 0 Å². The summed E-state index contributed by atoms with van der Waals surface area (Å²) in [6.45, 7) is 4.21. The molecule has 1 amide bonds. The summed E-state index contributed by atoms with van der Waals surface area (Å²) >= 11 is 0. The minimum Gasteiger partial charge on any atom is -0.359 e. The number of rotatable bonds is 5. The SMILES string of the molecule is CCCC[C@H](CC)C(=O)NC. The Morgan fingerprint density at radius 3 is 2.45 bits per heavy atom. The molecular weight excluding hydrogens is 138 g/mol. The number of hydrogen-bond acceptors (Lipinski definition) is 1. The number of unbranched alkanes of at least 4 members (excludes halogenated alkanes) is 1. The van der Waals surface area contributed by atoms with Gasteiger partial charge in [0.2, 0.25) is 5.91 Å². The maximum absolute atomic E-state index is 11.1. The van der Waals surface area contributed by atoms with Gasteiger partial charge in [-0.25, -0.2) is 0 Å². The van der Waals surface area contributed by atoms with Gasteiger partial charge >= 0.3 is 0 Å². The van der Waals surface area contributed by atoms with Gasteiger partial charge in [-0.1, -0.05) is 26.7 Å². The quantitative estimate of drug-likeness (QED) is 0.649. The second-order valence-electron chi connectivity index (χ2n) is 2.86. The first-order valence-electron chi connectivity index (χ1n) is 4.47. The summed E-state index contributed by atoms with van der Waals surface area (Å²) < 4.78 is 0. The Morgan fingerprint density at radius 2 is 2.09 bits per heavy atom. The largest absolute Gasteiger partial charge is 0.359 e. The van der Waals surface area contributed by atoms with Gasteiger partial charge in [-0.2, -0.15) is 0 Å². The summed E-state index contributed by atoms with van der Waals surface area (Å²) in [6.07, 6.45) is 4.33. The number of carbonyl (C=O) groups is 1. The van der Waals surface area contributed by atoms with Crippen molar-refractivity contribution < 1.29 is 4.79 Å². The molecule has 2 nitrogen and oxygen atoms in total. The molecule has 0 radical (unpaired) electrons. The highest BCUT2D eigenvalue weighted by Gasteiger charge is 2.12. The number of amides is 1. The molecule has 0 aliphatic rings. The van der Waals surface area contributed by atoms with E-state index in [1.165, 1.54) is 6.42 Å². The molecule has 1 atom stereocenters. The van der Waals surface area contributed by atoms with Gasteiger partial charge in [0.1, 0.15) is 0 Å². The van der Waals surface area contributed by atoms with E-state index in [1.807, 2.05) is 0 Å². The number of nitrogens with one attached hydrogen (secondary N) is 1. The summed E-state index contributed by atoms with van der Waals surface area (Å²) in [4.78, 5) is 11.1. The standard InChI is InChI=1S/C9H19NO/c1-4-6-7-8(5-2)9(11)10-3/h8H,4-7H2,1-3H3,(H,10,11)/t8-/m0/s1. The van der Waals surface area contributed by atoms with Crippen molar-refractivity contribution in [3.63, 3.8) is 0 Å². The highest BCUT2D eigenvalue weighted by Crippen LogP contribution is 2.11. The summed E-state index contributed by atoms with van der Waals surface area (Å²) in [5.41, 5.74) is 0. The van der Waals surface area contributed by atoms with E-state index < -0.39 is 0 Å². The first-order valence-corrected chi connectivity index (χ1v) is 4.47. The number of carbonyl (C=O) groups excluding carboxylic acids is 1. The van der Waals surface area contributed by atoms with Crippen LogP contribution in [-0.2, 0) is 4.79 Å². The Hall–Kier alpha value is -0.530. The molecule has 0 unspecified atom stereocenters. The lowest BCUT2D eigenvalue weighted by Crippen LogP contribution is -2.26. The van der Waals surface area contributed by atoms with E-state index in [1.54, 1.807) is 7.05 Å². The average Bonchev–Trinajstić information content (AvgIpc) is 2.05. The zero-order valence-electron chi connectivity index (χ0n) is 7.81. The third-order valence-corrected chi connectivity index (χ3v) is 2.02. The van der Waals surface area contributed by atoms with Gasteiger partial charge in [-0.3, -0.25) is 4.79 Å². The van der Waals surface area contributed by atoms with Crippen LogP contribution in [0.25, 0.3) is 0 Å². The van der Waals surface area contributed by atoms with Gasteiger partial charge in [0.05, 0.1) is 0 Å². The molecule has 0 spiro atoms. The van der Waals surface area contributed by atoms with E-state index in [9.17, 15) is 4.79 Å². The van der Waals surface area contributed by atoms with E-state index in [0.29, 0.717) is 0 Å². The monoisotopic (exact) mass is 157 g/mol. The second-order valence-corrected chi connectivity index (χ2v) is 2.86. The van der Waals surface area contributed by atoms with E-state index in [2.05, 4.69) is 19.2 Å². The van der Waals surface area contributed by atoms with Gasteiger partial charge < -0.3 is 5.32 Å². The van der Waals surface area contributed by atoms with Crippen LogP contribution in [0.3, 0.4) is 0 Å². The maximum atomic E-state index is 11.1. The van der Waals surface area contributed by atoms with Crippen molar-refractivity contribution in [2.24, 2.45) is 5.92 Å². The van der Waals surface area contributed by atoms with Crippen molar-refractivity contribution in [3.05, 3.63) is 0 Å². The summed E-state index contributed by atoms with van der Waals surface area (Å²) in [7, 11) is 1.71. The van der Waals surface area contributed by atoms with Gasteiger partial charge in [-0.15, -0.1) is 0 Å². The average molecular weight is 157 g/mol. The molecule has 11 heavy (non-hydrogen) atoms. The van der Waals surface area contributed by atoms with E-state index in [-0.39, 0.29) is 11.8 Å². The molecular formula is C9H19NO. The first kappa shape index (κ1) is 10.5. The molecule has 0 fully saturated rings. The Balaban J connectivity index is 3.65. The highest BCUT2D eigenvalue weighted by atomic mass is 16.1. The Labute approximate surface area is 69.4 Å². The summed E-state index contributed by atoms with van der Waals surface area (Å²) in [5, 5.41) is 2.69. The van der Waals surface area contributed by atoms with Crippen molar-refractivity contribution in [3.8, 4) is 0 Å². The van der Waals surface area contributed by atoms with Crippen LogP contribution in [0, 0.1) is 5.92 Å². The van der Waals surface area contributed by atoms with Crippen molar-refractivity contribution in [1.29, 1.82) is 0 Å². The zero-order valence-corrected chi connectivity index (χ0v) is 7.81. The normalized spacial score (nSPS) is 12.6. The summed E-state index contributed by atoms with van der Waals surface area (Å²) in [5.74, 6) is 0.431. The molecule has 0 bridgehead atoms. The predicted octanol–water partition coefficient (Wildman–Crippen LogP) is 1.95. The fourth-order valence-electron chi connectivity index (χ4n) is 1.18. The fourth-order valence-corrected chi connectivity index (χ4v) is 1.18. The van der Waals surface area contributed by atoms with Crippen LogP contribution in [0.15, 0.2) is 0 Å². The first-order chi connectivity index (χ1) is 5.26. The van der Waals surface area contributed by atoms with Gasteiger partial charge in [0.25, 0.3) is 0 Å². The van der Waals surface area contributed by atoms with E-state index in [4.69, 9.17) is 0 Å².